The lowest BCUT2D eigenvalue weighted by molar-refractivity contribution is -0.135. The zero-order chi connectivity index (χ0) is 13.7. The third-order valence-corrected chi connectivity index (χ3v) is 1.78. The second-order valence-electron chi connectivity index (χ2n) is 3.33. The lowest BCUT2D eigenvalue weighted by Gasteiger charge is -2.07. The highest BCUT2D eigenvalue weighted by Gasteiger charge is 2.16. The third kappa shape index (κ3) is 3.30. The molecule has 98 valence electrons. The number of nitrogens with zero attached hydrogens (tertiary/aromatic N) is 3. The van der Waals surface area contributed by atoms with Crippen molar-refractivity contribution < 1.29 is 24.1 Å². The number of methoxy groups -OCH3 is 2. The van der Waals surface area contributed by atoms with Gasteiger partial charge in [0.1, 0.15) is 0 Å². The Kier molecular flexibility index (Phi) is 4.41. The summed E-state index contributed by atoms with van der Waals surface area (Å²) in [5, 5.41) is 8.94. The molecule has 0 atom stereocenters. The molecule has 0 aliphatic heterocycles. The minimum Gasteiger partial charge on any atom is -0.475 e. The number of hydrogen-bond acceptors (Lipinski definition) is 7. The second-order valence-corrected chi connectivity index (χ2v) is 3.33. The number of carbonyl (C=O) groups is 1. The van der Waals surface area contributed by atoms with Crippen molar-refractivity contribution >= 4 is 5.97 Å². The van der Waals surface area contributed by atoms with Gasteiger partial charge in [0.25, 0.3) is 0 Å². The van der Waals surface area contributed by atoms with E-state index in [1.807, 2.05) is 0 Å². The van der Waals surface area contributed by atoms with Gasteiger partial charge in [0.2, 0.25) is 5.76 Å². The summed E-state index contributed by atoms with van der Waals surface area (Å²) in [6.45, 7) is 3.19. The fourth-order valence-corrected chi connectivity index (χ4v) is 1.000. The molecule has 0 unspecified atom stereocenters. The zero-order valence-corrected chi connectivity index (χ0v) is 10.4. The topological polar surface area (TPSA) is 104 Å². The van der Waals surface area contributed by atoms with Gasteiger partial charge in [-0.3, -0.25) is 0 Å². The molecule has 0 bridgehead atoms. The van der Waals surface area contributed by atoms with Crippen LogP contribution in [0.15, 0.2) is 11.3 Å². The molecule has 1 aromatic rings. The van der Waals surface area contributed by atoms with Crippen LogP contribution in [0.5, 0.6) is 18.0 Å². The predicted molar refractivity (Wildman–Crippen MR) is 59.6 cm³/mol. The smallest absolute Gasteiger partial charge is 0.371 e. The summed E-state index contributed by atoms with van der Waals surface area (Å²) in [6.07, 6.45) is 0. The molecule has 0 spiro atoms. The first-order valence-electron chi connectivity index (χ1n) is 4.90. The largest absolute Gasteiger partial charge is 0.475 e. The van der Waals surface area contributed by atoms with Crippen molar-refractivity contribution in [2.75, 3.05) is 14.2 Å². The highest BCUT2D eigenvalue weighted by atomic mass is 16.5. The maximum Gasteiger partial charge on any atom is 0.371 e. The monoisotopic (exact) mass is 255 g/mol. The molecular formula is C10H13N3O5. The van der Waals surface area contributed by atoms with E-state index in [1.165, 1.54) is 14.2 Å². The van der Waals surface area contributed by atoms with Gasteiger partial charge in [0.15, 0.2) is 0 Å². The van der Waals surface area contributed by atoms with Gasteiger partial charge >= 0.3 is 24.0 Å². The second kappa shape index (κ2) is 5.80. The highest BCUT2D eigenvalue weighted by molar-refractivity contribution is 5.85. The third-order valence-electron chi connectivity index (χ3n) is 1.78. The Morgan fingerprint density at radius 1 is 1.00 bits per heavy atom. The maximum absolute atomic E-state index is 10.9. The summed E-state index contributed by atoms with van der Waals surface area (Å²) in [5.41, 5.74) is 0.473. The van der Waals surface area contributed by atoms with Crippen LogP contribution in [0.4, 0.5) is 0 Å². The Balaban J connectivity index is 3.10. The van der Waals surface area contributed by atoms with E-state index in [2.05, 4.69) is 15.0 Å². The van der Waals surface area contributed by atoms with E-state index in [4.69, 9.17) is 19.3 Å². The summed E-state index contributed by atoms with van der Waals surface area (Å²) < 4.78 is 14.7. The maximum atomic E-state index is 10.9. The van der Waals surface area contributed by atoms with E-state index in [-0.39, 0.29) is 23.8 Å². The molecule has 1 heterocycles. The summed E-state index contributed by atoms with van der Waals surface area (Å²) >= 11 is 0. The minimum atomic E-state index is -1.21. The lowest BCUT2D eigenvalue weighted by Crippen LogP contribution is -2.12. The molecule has 8 nitrogen and oxygen atoms in total. The van der Waals surface area contributed by atoms with Gasteiger partial charge in [-0.05, 0) is 19.4 Å². The summed E-state index contributed by atoms with van der Waals surface area (Å²) in [5.74, 6) is -1.47. The normalized spacial score (nSPS) is 9.56. The molecule has 0 saturated carbocycles. The van der Waals surface area contributed by atoms with E-state index >= 15 is 0 Å². The minimum absolute atomic E-state index is 0.0321. The average Bonchev–Trinajstić information content (AvgIpc) is 2.34. The molecule has 0 radical (unpaired) electrons. The van der Waals surface area contributed by atoms with Gasteiger partial charge in [-0.25, -0.2) is 4.79 Å². The van der Waals surface area contributed by atoms with E-state index in [1.54, 1.807) is 13.8 Å². The van der Waals surface area contributed by atoms with E-state index in [9.17, 15) is 4.79 Å². The number of hydrogen-bond donors (Lipinski definition) is 1. The van der Waals surface area contributed by atoms with Crippen molar-refractivity contribution in [3.05, 3.63) is 11.3 Å². The molecule has 1 rings (SSSR count). The first kappa shape index (κ1) is 13.7. The van der Waals surface area contributed by atoms with E-state index in [0.717, 1.165) is 0 Å². The zero-order valence-electron chi connectivity index (χ0n) is 10.4. The van der Waals surface area contributed by atoms with Crippen molar-refractivity contribution in [3.63, 3.8) is 0 Å². The van der Waals surface area contributed by atoms with Crippen LogP contribution in [0.1, 0.15) is 13.8 Å². The molecule has 0 saturated heterocycles. The number of allylic oxidation sites excluding steroid dienone is 1. The molecule has 18 heavy (non-hydrogen) atoms. The van der Waals surface area contributed by atoms with Crippen molar-refractivity contribution in [2.24, 2.45) is 0 Å². The molecule has 0 aromatic carbocycles. The molecule has 0 aliphatic rings. The number of carboxylic acid groups (broad SMARTS) is 1. The Morgan fingerprint density at radius 2 is 1.44 bits per heavy atom. The highest BCUT2D eigenvalue weighted by Crippen LogP contribution is 2.17. The predicted octanol–water partition coefficient (Wildman–Crippen LogP) is 0.646. The van der Waals surface area contributed by atoms with Crippen LogP contribution in [0.2, 0.25) is 0 Å². The summed E-state index contributed by atoms with van der Waals surface area (Å²) in [6, 6.07) is -0.275. The number of carboxylic acids is 1. The Hall–Kier alpha value is -2.38. The first-order valence-corrected chi connectivity index (χ1v) is 4.90. The van der Waals surface area contributed by atoms with Crippen LogP contribution in [0.3, 0.4) is 0 Å². The fourth-order valence-electron chi connectivity index (χ4n) is 1.000. The van der Waals surface area contributed by atoms with Crippen molar-refractivity contribution in [1.29, 1.82) is 0 Å². The van der Waals surface area contributed by atoms with Crippen molar-refractivity contribution in [3.8, 4) is 18.0 Å². The van der Waals surface area contributed by atoms with Crippen LogP contribution in [0, 0.1) is 0 Å². The summed E-state index contributed by atoms with van der Waals surface area (Å²) in [4.78, 5) is 22.2. The Morgan fingerprint density at radius 3 is 1.78 bits per heavy atom. The Labute approximate surface area is 103 Å². The van der Waals surface area contributed by atoms with Crippen LogP contribution in [-0.4, -0.2) is 40.2 Å². The molecule has 1 aromatic heterocycles. The van der Waals surface area contributed by atoms with Crippen LogP contribution in [0.25, 0.3) is 0 Å². The SMILES string of the molecule is COc1nc(OC)nc(OC(C(=O)O)=C(C)C)n1. The van der Waals surface area contributed by atoms with Crippen LogP contribution in [-0.2, 0) is 4.79 Å². The quantitative estimate of drug-likeness (QED) is 0.604. The molecular weight excluding hydrogens is 242 g/mol. The van der Waals surface area contributed by atoms with Gasteiger partial charge in [-0.2, -0.15) is 0 Å². The molecule has 0 fully saturated rings. The molecule has 1 N–H and O–H groups in total. The van der Waals surface area contributed by atoms with Crippen LogP contribution < -0.4 is 14.2 Å². The summed E-state index contributed by atoms with van der Waals surface area (Å²) in [7, 11) is 2.72. The number of rotatable bonds is 5. The molecule has 0 amide bonds. The van der Waals surface area contributed by atoms with Gasteiger partial charge < -0.3 is 19.3 Å². The van der Waals surface area contributed by atoms with E-state index < -0.39 is 5.97 Å². The molecule has 8 heteroatoms. The molecule has 0 aliphatic carbocycles. The van der Waals surface area contributed by atoms with Crippen LogP contribution >= 0.6 is 0 Å². The van der Waals surface area contributed by atoms with Crippen molar-refractivity contribution in [2.45, 2.75) is 13.8 Å². The van der Waals surface area contributed by atoms with Gasteiger partial charge in [-0.1, -0.05) is 0 Å². The van der Waals surface area contributed by atoms with E-state index in [0.29, 0.717) is 5.57 Å². The Bertz CT molecular complexity index is 460. The standard InChI is InChI=1S/C10H13N3O5/c1-5(2)6(7(14)15)18-10-12-8(16-3)11-9(13-10)17-4/h1-4H3,(H,14,15). The number of ether oxygens (including phenoxy) is 3. The van der Waals surface area contributed by atoms with Gasteiger partial charge in [0, 0.05) is 0 Å². The van der Waals surface area contributed by atoms with Gasteiger partial charge in [-0.15, -0.1) is 15.0 Å². The van der Waals surface area contributed by atoms with Gasteiger partial charge in [0.05, 0.1) is 14.2 Å². The average molecular weight is 255 g/mol. The first-order chi connectivity index (χ1) is 8.47. The number of aromatic nitrogens is 3. The van der Waals surface area contributed by atoms with Crippen molar-refractivity contribution in [1.82, 2.24) is 15.0 Å². The fraction of sp³-hybridized carbons (Fsp3) is 0.400. The lowest BCUT2D eigenvalue weighted by atomic mass is 10.3. The number of aliphatic carboxylic acids is 1.